The van der Waals surface area contributed by atoms with Crippen LogP contribution in [0.1, 0.15) is 51.6 Å². The van der Waals surface area contributed by atoms with Crippen LogP contribution in [-0.4, -0.2) is 51.7 Å². The van der Waals surface area contributed by atoms with Gasteiger partial charge in [-0.1, -0.05) is 25.5 Å². The van der Waals surface area contributed by atoms with Crippen molar-refractivity contribution in [3.63, 3.8) is 0 Å². The summed E-state index contributed by atoms with van der Waals surface area (Å²) in [4.78, 5) is 27.5. The number of carboxylic acids is 1. The summed E-state index contributed by atoms with van der Waals surface area (Å²) in [6.45, 7) is 9.26. The van der Waals surface area contributed by atoms with Gasteiger partial charge >= 0.3 is 5.97 Å². The van der Waals surface area contributed by atoms with E-state index in [4.69, 9.17) is 4.42 Å². The summed E-state index contributed by atoms with van der Waals surface area (Å²) in [6.07, 6.45) is 4.56. The second kappa shape index (κ2) is 7.41. The molecule has 1 saturated heterocycles. The van der Waals surface area contributed by atoms with Gasteiger partial charge in [0.2, 0.25) is 0 Å². The van der Waals surface area contributed by atoms with Gasteiger partial charge in [-0.05, 0) is 80.6 Å². The predicted molar refractivity (Wildman–Crippen MR) is 131 cm³/mol. The number of ketones is 1. The third kappa shape index (κ3) is 2.74. The molecule has 1 aromatic rings. The summed E-state index contributed by atoms with van der Waals surface area (Å²) >= 11 is 0. The number of aliphatic hydroxyl groups excluding tert-OH is 1. The van der Waals surface area contributed by atoms with E-state index in [0.29, 0.717) is 32.5 Å². The van der Waals surface area contributed by atoms with Crippen LogP contribution in [-0.2, 0) is 16.1 Å². The number of allylic oxidation sites excluding steroid dienone is 4. The van der Waals surface area contributed by atoms with Crippen LogP contribution in [0.5, 0.6) is 0 Å². The molecule has 4 aliphatic carbocycles. The van der Waals surface area contributed by atoms with Crippen LogP contribution < -0.4 is 0 Å². The normalized spacial score (nSPS) is 47.7. The van der Waals surface area contributed by atoms with E-state index in [0.717, 1.165) is 17.1 Å². The fourth-order valence-electron chi connectivity index (χ4n) is 9.54. The van der Waals surface area contributed by atoms with Gasteiger partial charge in [-0.25, -0.2) is 4.39 Å². The van der Waals surface area contributed by atoms with Crippen LogP contribution in [0.2, 0.25) is 0 Å². The van der Waals surface area contributed by atoms with E-state index in [1.165, 1.54) is 6.08 Å². The smallest absolute Gasteiger partial charge is 0.311 e. The molecule has 0 radical (unpaired) electrons. The van der Waals surface area contributed by atoms with Crippen LogP contribution in [0.4, 0.5) is 4.39 Å². The summed E-state index contributed by atoms with van der Waals surface area (Å²) in [6, 6.07) is 3.84. The van der Waals surface area contributed by atoms with E-state index in [-0.39, 0.29) is 30.0 Å². The van der Waals surface area contributed by atoms with Crippen LogP contribution in [0.25, 0.3) is 0 Å². The molecule has 6 rings (SSSR count). The number of furan rings is 1. The van der Waals surface area contributed by atoms with Crippen molar-refractivity contribution in [3.8, 4) is 0 Å². The SMILES string of the molecule is Cc1ccc(CN2CC3CC4C5CC(C)C6=CC(=O)C=CC6(C)C5(F)C(O)CC4(C)C3(C(=O)O)C2)o1. The molecule has 3 saturated carbocycles. The zero-order valence-electron chi connectivity index (χ0n) is 21.5. The van der Waals surface area contributed by atoms with Crippen LogP contribution in [0.15, 0.2) is 40.4 Å². The van der Waals surface area contributed by atoms with Gasteiger partial charge in [0.05, 0.1) is 18.1 Å². The molecule has 0 amide bonds. The zero-order chi connectivity index (χ0) is 25.8. The average Bonchev–Trinajstić information content (AvgIpc) is 3.44. The monoisotopic (exact) mass is 497 g/mol. The third-order valence-corrected chi connectivity index (χ3v) is 11.1. The van der Waals surface area contributed by atoms with E-state index in [1.807, 2.05) is 39.8 Å². The first kappa shape index (κ1) is 24.1. The molecule has 6 nitrogen and oxygen atoms in total. The van der Waals surface area contributed by atoms with Gasteiger partial charge in [-0.2, -0.15) is 0 Å². The van der Waals surface area contributed by atoms with Crippen molar-refractivity contribution in [2.75, 3.05) is 13.1 Å². The number of fused-ring (bicyclic) bond motifs is 7. The molecule has 0 aromatic carbocycles. The summed E-state index contributed by atoms with van der Waals surface area (Å²) in [5, 5.41) is 22.4. The van der Waals surface area contributed by atoms with E-state index in [9.17, 15) is 19.8 Å². The Labute approximate surface area is 211 Å². The Hall–Kier alpha value is -2.25. The Morgan fingerprint density at radius 3 is 2.67 bits per heavy atom. The van der Waals surface area contributed by atoms with Crippen LogP contribution in [0, 0.1) is 46.8 Å². The first-order chi connectivity index (χ1) is 16.9. The lowest BCUT2D eigenvalue weighted by atomic mass is 9.42. The lowest BCUT2D eigenvalue weighted by Crippen LogP contribution is -2.69. The van der Waals surface area contributed by atoms with Crippen molar-refractivity contribution >= 4 is 11.8 Å². The number of carboxylic acid groups (broad SMARTS) is 1. The number of aryl methyl sites for hydroxylation is 1. The minimum atomic E-state index is -1.95. The topological polar surface area (TPSA) is 91.0 Å². The number of hydrogen-bond acceptors (Lipinski definition) is 5. The van der Waals surface area contributed by atoms with E-state index in [2.05, 4.69) is 4.90 Å². The highest BCUT2D eigenvalue weighted by Crippen LogP contribution is 2.74. The van der Waals surface area contributed by atoms with Gasteiger partial charge < -0.3 is 14.6 Å². The zero-order valence-corrected chi connectivity index (χ0v) is 21.5. The highest BCUT2D eigenvalue weighted by Gasteiger charge is 2.78. The number of hydrogen-bond donors (Lipinski definition) is 2. The second-order valence-corrected chi connectivity index (χ2v) is 12.7. The molecular formula is C29H36FNO5. The number of alkyl halides is 1. The molecule has 5 aliphatic rings. The fourth-order valence-corrected chi connectivity index (χ4v) is 9.54. The molecule has 194 valence electrons. The summed E-state index contributed by atoms with van der Waals surface area (Å²) in [7, 11) is 0. The number of aliphatic carboxylic acids is 1. The van der Waals surface area contributed by atoms with Gasteiger partial charge in [0.25, 0.3) is 0 Å². The quantitative estimate of drug-likeness (QED) is 0.647. The number of rotatable bonds is 3. The number of halogens is 1. The highest BCUT2D eigenvalue weighted by atomic mass is 19.1. The molecule has 9 unspecified atom stereocenters. The average molecular weight is 498 g/mol. The Balaban J connectivity index is 1.39. The number of carbonyl (C=O) groups is 2. The molecule has 1 aromatic heterocycles. The van der Waals surface area contributed by atoms with Crippen molar-refractivity contribution in [2.45, 2.75) is 65.3 Å². The fraction of sp³-hybridized carbons (Fsp3) is 0.655. The maximum Gasteiger partial charge on any atom is 0.311 e. The molecule has 9 atom stereocenters. The number of likely N-dealkylation sites (tertiary alicyclic amines) is 1. The Kier molecular flexibility index (Phi) is 4.96. The molecular weight excluding hydrogens is 461 g/mol. The van der Waals surface area contributed by atoms with Gasteiger partial charge in [0.1, 0.15) is 11.5 Å². The third-order valence-electron chi connectivity index (χ3n) is 11.1. The summed E-state index contributed by atoms with van der Waals surface area (Å²) in [5.41, 5.74) is -4.08. The molecule has 7 heteroatoms. The standard InChI is InChI=1S/C29H36FNO5/c1-16-9-23-22-10-18-13-31(14-20-6-5-17(2)36-20)15-28(18,25(34)35)27(22,4)12-24(33)29(23,30)26(3)8-7-19(32)11-21(16)26/h5-8,11,16,18,22-24,33H,9-10,12-15H2,1-4H3,(H,34,35). The van der Waals surface area contributed by atoms with Crippen molar-refractivity contribution in [1.29, 1.82) is 0 Å². The molecule has 36 heavy (non-hydrogen) atoms. The van der Waals surface area contributed by atoms with Crippen LogP contribution in [0.3, 0.4) is 0 Å². The Bertz CT molecular complexity index is 1200. The predicted octanol–water partition coefficient (Wildman–Crippen LogP) is 4.32. The second-order valence-electron chi connectivity index (χ2n) is 12.7. The van der Waals surface area contributed by atoms with Gasteiger partial charge in [0.15, 0.2) is 11.5 Å². The largest absolute Gasteiger partial charge is 0.481 e. The van der Waals surface area contributed by atoms with Gasteiger partial charge in [-0.15, -0.1) is 0 Å². The Morgan fingerprint density at radius 1 is 1.25 bits per heavy atom. The minimum Gasteiger partial charge on any atom is -0.481 e. The highest BCUT2D eigenvalue weighted by molar-refractivity contribution is 6.01. The van der Waals surface area contributed by atoms with E-state index < -0.39 is 39.9 Å². The van der Waals surface area contributed by atoms with Gasteiger partial charge in [0, 0.05) is 24.4 Å². The number of carbonyl (C=O) groups excluding carboxylic acids is 1. The lowest BCUT2D eigenvalue weighted by molar-refractivity contribution is -0.214. The van der Waals surface area contributed by atoms with Crippen LogP contribution >= 0.6 is 0 Å². The minimum absolute atomic E-state index is 0.0211. The molecule has 2 heterocycles. The van der Waals surface area contributed by atoms with Crippen molar-refractivity contribution in [1.82, 2.24) is 4.90 Å². The van der Waals surface area contributed by atoms with E-state index in [1.54, 1.807) is 12.2 Å². The molecule has 2 N–H and O–H groups in total. The van der Waals surface area contributed by atoms with E-state index >= 15 is 4.39 Å². The number of nitrogens with zero attached hydrogens (tertiary/aromatic N) is 1. The van der Waals surface area contributed by atoms with Crippen molar-refractivity contribution in [3.05, 3.63) is 47.5 Å². The van der Waals surface area contributed by atoms with Gasteiger partial charge in [-0.3, -0.25) is 14.5 Å². The summed E-state index contributed by atoms with van der Waals surface area (Å²) in [5.74, 6) is -0.131. The lowest BCUT2D eigenvalue weighted by Gasteiger charge is -2.64. The molecule has 4 fully saturated rings. The molecule has 0 bridgehead atoms. The first-order valence-electron chi connectivity index (χ1n) is 13.2. The van der Waals surface area contributed by atoms with Crippen molar-refractivity contribution < 1.29 is 28.6 Å². The maximum absolute atomic E-state index is 17.5. The van der Waals surface area contributed by atoms with Crippen molar-refractivity contribution in [2.24, 2.45) is 39.9 Å². The molecule has 0 spiro atoms. The maximum atomic E-state index is 17.5. The number of aliphatic hydroxyl groups is 1. The molecule has 1 aliphatic heterocycles. The Morgan fingerprint density at radius 2 is 2.00 bits per heavy atom. The summed E-state index contributed by atoms with van der Waals surface area (Å²) < 4.78 is 23.2. The first-order valence-corrected chi connectivity index (χ1v) is 13.2.